The molecule has 4 nitrogen and oxygen atoms in total. The molecule has 0 aliphatic rings. The standard InChI is InChI=1S/C13H20ClNO3/c1-4-18-6-5-15(2)9-10-7-11(14)13(16)12(8-10)17-3/h7-8,16H,4-6,9H2,1-3H3. The van der Waals surface area contributed by atoms with Crippen LogP contribution in [0, 0.1) is 0 Å². The highest BCUT2D eigenvalue weighted by atomic mass is 35.5. The molecule has 0 fully saturated rings. The maximum Gasteiger partial charge on any atom is 0.176 e. The second-order valence-electron chi connectivity index (χ2n) is 4.06. The van der Waals surface area contributed by atoms with Crippen molar-refractivity contribution in [3.8, 4) is 11.5 Å². The summed E-state index contributed by atoms with van der Waals surface area (Å²) in [6, 6.07) is 3.54. The highest BCUT2D eigenvalue weighted by Crippen LogP contribution is 2.35. The fourth-order valence-corrected chi connectivity index (χ4v) is 1.86. The van der Waals surface area contributed by atoms with Crippen LogP contribution in [0.25, 0.3) is 0 Å². The molecule has 18 heavy (non-hydrogen) atoms. The molecule has 102 valence electrons. The average molecular weight is 274 g/mol. The smallest absolute Gasteiger partial charge is 0.176 e. The van der Waals surface area contributed by atoms with Crippen LogP contribution in [0.5, 0.6) is 11.5 Å². The molecule has 0 radical (unpaired) electrons. The van der Waals surface area contributed by atoms with Crippen LogP contribution in [0.4, 0.5) is 0 Å². The Kier molecular flexibility index (Phi) is 6.25. The van der Waals surface area contributed by atoms with Crippen LogP contribution in [0.2, 0.25) is 5.02 Å². The molecule has 1 N–H and O–H groups in total. The lowest BCUT2D eigenvalue weighted by atomic mass is 10.2. The van der Waals surface area contributed by atoms with Gasteiger partial charge >= 0.3 is 0 Å². The molecule has 0 aromatic heterocycles. The summed E-state index contributed by atoms with van der Waals surface area (Å²) in [6.07, 6.45) is 0. The van der Waals surface area contributed by atoms with E-state index < -0.39 is 0 Å². The molecule has 5 heteroatoms. The fourth-order valence-electron chi connectivity index (χ4n) is 1.63. The lowest BCUT2D eigenvalue weighted by molar-refractivity contribution is 0.120. The summed E-state index contributed by atoms with van der Waals surface area (Å²) in [5.74, 6) is 0.385. The number of halogens is 1. The molecule has 0 saturated carbocycles. The van der Waals surface area contributed by atoms with Crippen molar-refractivity contribution in [2.24, 2.45) is 0 Å². The molecule has 0 atom stereocenters. The maximum atomic E-state index is 9.64. The van der Waals surface area contributed by atoms with Gasteiger partial charge in [0.2, 0.25) is 0 Å². The van der Waals surface area contributed by atoms with Gasteiger partial charge in [-0.3, -0.25) is 4.90 Å². The van der Waals surface area contributed by atoms with Crippen molar-refractivity contribution in [2.75, 3.05) is 33.9 Å². The van der Waals surface area contributed by atoms with Gasteiger partial charge in [-0.25, -0.2) is 0 Å². The number of aromatic hydroxyl groups is 1. The van der Waals surface area contributed by atoms with Crippen LogP contribution in [-0.2, 0) is 11.3 Å². The topological polar surface area (TPSA) is 41.9 Å². The van der Waals surface area contributed by atoms with Crippen LogP contribution < -0.4 is 4.74 Å². The second kappa shape index (κ2) is 7.46. The highest BCUT2D eigenvalue weighted by Gasteiger charge is 2.10. The first kappa shape index (κ1) is 15.1. The molecule has 0 amide bonds. The Morgan fingerprint density at radius 2 is 2.11 bits per heavy atom. The molecule has 0 heterocycles. The predicted molar refractivity (Wildman–Crippen MR) is 72.5 cm³/mol. The van der Waals surface area contributed by atoms with E-state index in [2.05, 4.69) is 4.90 Å². The third-order valence-corrected chi connectivity index (χ3v) is 2.87. The maximum absolute atomic E-state index is 9.64. The summed E-state index contributed by atoms with van der Waals surface area (Å²) in [5, 5.41) is 9.95. The van der Waals surface area contributed by atoms with E-state index in [1.165, 1.54) is 7.11 Å². The summed E-state index contributed by atoms with van der Waals surface area (Å²) >= 11 is 5.93. The number of benzene rings is 1. The molecule has 0 unspecified atom stereocenters. The van der Waals surface area contributed by atoms with Crippen LogP contribution in [0.15, 0.2) is 12.1 Å². The van der Waals surface area contributed by atoms with Crippen LogP contribution in [-0.4, -0.2) is 43.9 Å². The summed E-state index contributed by atoms with van der Waals surface area (Å²) in [7, 11) is 3.51. The van der Waals surface area contributed by atoms with Gasteiger partial charge in [0.15, 0.2) is 11.5 Å². The highest BCUT2D eigenvalue weighted by molar-refractivity contribution is 6.32. The van der Waals surface area contributed by atoms with E-state index in [0.29, 0.717) is 17.4 Å². The third kappa shape index (κ3) is 4.37. The number of methoxy groups -OCH3 is 1. The Morgan fingerprint density at radius 3 is 2.72 bits per heavy atom. The first-order valence-corrected chi connectivity index (χ1v) is 6.28. The number of hydrogen-bond donors (Lipinski definition) is 1. The van der Waals surface area contributed by atoms with Crippen molar-refractivity contribution in [1.82, 2.24) is 4.90 Å². The number of phenolic OH excluding ortho intramolecular Hbond substituents is 1. The number of ether oxygens (including phenoxy) is 2. The summed E-state index contributed by atoms with van der Waals surface area (Å²) in [4.78, 5) is 2.12. The molecular weight excluding hydrogens is 254 g/mol. The molecular formula is C13H20ClNO3. The zero-order chi connectivity index (χ0) is 13.5. The van der Waals surface area contributed by atoms with Gasteiger partial charge in [0.05, 0.1) is 18.7 Å². The lowest BCUT2D eigenvalue weighted by Crippen LogP contribution is -2.22. The van der Waals surface area contributed by atoms with Crippen LogP contribution in [0.3, 0.4) is 0 Å². The third-order valence-electron chi connectivity index (χ3n) is 2.58. The van der Waals surface area contributed by atoms with Crippen molar-refractivity contribution in [2.45, 2.75) is 13.5 Å². The minimum atomic E-state index is -0.0140. The molecule has 1 aromatic carbocycles. The number of nitrogens with zero attached hydrogens (tertiary/aromatic N) is 1. The van der Waals surface area contributed by atoms with Gasteiger partial charge in [-0.1, -0.05) is 11.6 Å². The predicted octanol–water partition coefficient (Wildman–Crippen LogP) is 2.52. The summed E-state index contributed by atoms with van der Waals surface area (Å²) in [5.41, 5.74) is 0.994. The Labute approximate surface area is 113 Å². The van der Waals surface area contributed by atoms with Gasteiger partial charge in [-0.2, -0.15) is 0 Å². The Bertz CT molecular complexity index is 385. The van der Waals surface area contributed by atoms with Crippen LogP contribution in [0.1, 0.15) is 12.5 Å². The quantitative estimate of drug-likeness (QED) is 0.775. The summed E-state index contributed by atoms with van der Waals surface area (Å²) in [6.45, 7) is 4.98. The lowest BCUT2D eigenvalue weighted by Gasteiger charge is -2.17. The van der Waals surface area contributed by atoms with Gasteiger partial charge in [-0.15, -0.1) is 0 Å². The van der Waals surface area contributed by atoms with E-state index >= 15 is 0 Å². The number of rotatable bonds is 7. The second-order valence-corrected chi connectivity index (χ2v) is 4.47. The van der Waals surface area contributed by atoms with E-state index in [4.69, 9.17) is 21.1 Å². The first-order chi connectivity index (χ1) is 8.58. The van der Waals surface area contributed by atoms with Gasteiger partial charge in [0.1, 0.15) is 0 Å². The largest absolute Gasteiger partial charge is 0.503 e. The minimum absolute atomic E-state index is 0.0140. The monoisotopic (exact) mass is 273 g/mol. The SMILES string of the molecule is CCOCCN(C)Cc1cc(Cl)c(O)c(OC)c1. The van der Waals surface area contributed by atoms with Gasteiger partial charge in [-0.05, 0) is 31.7 Å². The average Bonchev–Trinajstić information content (AvgIpc) is 2.34. The summed E-state index contributed by atoms with van der Waals surface area (Å²) < 4.78 is 10.4. The molecule has 0 spiro atoms. The van der Waals surface area contributed by atoms with Crippen molar-refractivity contribution >= 4 is 11.6 Å². The zero-order valence-electron chi connectivity index (χ0n) is 11.1. The van der Waals surface area contributed by atoms with Gasteiger partial charge in [0.25, 0.3) is 0 Å². The zero-order valence-corrected chi connectivity index (χ0v) is 11.8. The van der Waals surface area contributed by atoms with Crippen molar-refractivity contribution < 1.29 is 14.6 Å². The van der Waals surface area contributed by atoms with Gasteiger partial charge in [0, 0.05) is 19.7 Å². The molecule has 0 aliphatic carbocycles. The van der Waals surface area contributed by atoms with E-state index in [1.54, 1.807) is 12.1 Å². The first-order valence-electron chi connectivity index (χ1n) is 5.90. The molecule has 0 aliphatic heterocycles. The number of hydrogen-bond acceptors (Lipinski definition) is 4. The number of likely N-dealkylation sites (N-methyl/N-ethyl adjacent to an activating group) is 1. The molecule has 0 saturated heterocycles. The van der Waals surface area contributed by atoms with E-state index in [1.807, 2.05) is 14.0 Å². The van der Waals surface area contributed by atoms with Crippen molar-refractivity contribution in [3.63, 3.8) is 0 Å². The van der Waals surface area contributed by atoms with E-state index in [-0.39, 0.29) is 5.75 Å². The normalized spacial score (nSPS) is 10.9. The molecule has 1 aromatic rings. The van der Waals surface area contributed by atoms with Gasteiger partial charge < -0.3 is 14.6 Å². The van der Waals surface area contributed by atoms with Crippen LogP contribution >= 0.6 is 11.6 Å². The minimum Gasteiger partial charge on any atom is -0.503 e. The molecule has 0 bridgehead atoms. The van der Waals surface area contributed by atoms with E-state index in [9.17, 15) is 5.11 Å². The Balaban J connectivity index is 2.64. The number of phenols is 1. The Hall–Kier alpha value is -0.970. The molecule has 1 rings (SSSR count). The van der Waals surface area contributed by atoms with Crippen molar-refractivity contribution in [3.05, 3.63) is 22.7 Å². The van der Waals surface area contributed by atoms with Crippen molar-refractivity contribution in [1.29, 1.82) is 0 Å². The Morgan fingerprint density at radius 1 is 1.39 bits per heavy atom. The van der Waals surface area contributed by atoms with E-state index in [0.717, 1.165) is 25.3 Å². The fraction of sp³-hybridized carbons (Fsp3) is 0.538.